The van der Waals surface area contributed by atoms with E-state index < -0.39 is 17.4 Å². The third-order valence-electron chi connectivity index (χ3n) is 7.24. The normalized spacial score (nSPS) is 21.6. The Morgan fingerprint density at radius 1 is 1.14 bits per heavy atom. The molecule has 0 bridgehead atoms. The average molecular weight is 495 g/mol. The van der Waals surface area contributed by atoms with Crippen molar-refractivity contribution in [3.8, 4) is 5.69 Å². The van der Waals surface area contributed by atoms with Crippen molar-refractivity contribution in [1.29, 1.82) is 0 Å². The number of aromatic nitrogens is 1. The predicted molar refractivity (Wildman–Crippen MR) is 139 cm³/mol. The molecule has 8 heteroatoms. The number of benzene rings is 1. The fourth-order valence-electron chi connectivity index (χ4n) is 5.37. The number of Topliss-reactive ketones (excluding diaryl/α,β-unsaturated/α-hetero) is 1. The molecule has 0 saturated heterocycles. The minimum atomic E-state index is -1.01. The van der Waals surface area contributed by atoms with Crippen LogP contribution in [0.4, 0.5) is 5.69 Å². The highest BCUT2D eigenvalue weighted by Gasteiger charge is 2.35. The molecule has 0 unspecified atom stereocenters. The van der Waals surface area contributed by atoms with E-state index in [1.165, 1.54) is 0 Å². The lowest BCUT2D eigenvalue weighted by atomic mass is 9.75. The van der Waals surface area contributed by atoms with Gasteiger partial charge in [-0.3, -0.25) is 14.4 Å². The number of nitrogens with zero attached hydrogens (tertiary/aromatic N) is 1. The van der Waals surface area contributed by atoms with Crippen molar-refractivity contribution in [2.24, 2.45) is 16.9 Å². The van der Waals surface area contributed by atoms with Crippen LogP contribution in [0.2, 0.25) is 0 Å². The standard InChI is InChI=1S/C28H38N4O4/c1-16-15-32(22-13-27(2,3)14-23(33)24(16)22)18-8-11-20(25(29)34)21(12-18)31-17-6-9-19(10-7-17)36-26(35)28(4,5)30/h8,11-12,15,17,19,31H,6-7,9-10,13-14,30H2,1-5H3,(H2,29,34). The number of primary amides is 1. The van der Waals surface area contributed by atoms with Crippen LogP contribution < -0.4 is 16.8 Å². The van der Waals surface area contributed by atoms with Gasteiger partial charge in [0, 0.05) is 41.3 Å². The van der Waals surface area contributed by atoms with Crippen LogP contribution in [0.5, 0.6) is 0 Å². The number of esters is 1. The number of hydrogen-bond acceptors (Lipinski definition) is 6. The lowest BCUT2D eigenvalue weighted by Crippen LogP contribution is -2.45. The van der Waals surface area contributed by atoms with Crippen LogP contribution in [-0.2, 0) is 16.0 Å². The molecule has 0 atom stereocenters. The molecule has 1 aromatic carbocycles. The number of carbonyl (C=O) groups is 3. The molecule has 1 heterocycles. The Labute approximate surface area is 212 Å². The van der Waals surface area contributed by atoms with Crippen molar-refractivity contribution in [2.75, 3.05) is 5.32 Å². The van der Waals surface area contributed by atoms with Crippen molar-refractivity contribution in [2.45, 2.75) is 90.8 Å². The molecule has 2 aliphatic rings. The van der Waals surface area contributed by atoms with Crippen LogP contribution in [0, 0.1) is 12.3 Å². The van der Waals surface area contributed by atoms with Crippen molar-refractivity contribution in [3.05, 3.63) is 46.8 Å². The molecule has 0 radical (unpaired) electrons. The summed E-state index contributed by atoms with van der Waals surface area (Å²) in [6.07, 6.45) is 6.18. The highest BCUT2D eigenvalue weighted by atomic mass is 16.5. The zero-order chi connectivity index (χ0) is 26.4. The van der Waals surface area contributed by atoms with Crippen molar-refractivity contribution in [1.82, 2.24) is 4.57 Å². The van der Waals surface area contributed by atoms with E-state index in [4.69, 9.17) is 16.2 Å². The molecule has 36 heavy (non-hydrogen) atoms. The Hall–Kier alpha value is -3.13. The Bertz CT molecular complexity index is 1200. The van der Waals surface area contributed by atoms with E-state index in [9.17, 15) is 14.4 Å². The summed E-state index contributed by atoms with van der Waals surface area (Å²) in [7, 11) is 0. The van der Waals surface area contributed by atoms with Crippen molar-refractivity contribution >= 4 is 23.3 Å². The van der Waals surface area contributed by atoms with Crippen molar-refractivity contribution in [3.63, 3.8) is 0 Å². The first-order chi connectivity index (χ1) is 16.7. The highest BCUT2D eigenvalue weighted by Crippen LogP contribution is 2.38. The summed E-state index contributed by atoms with van der Waals surface area (Å²) in [5, 5.41) is 3.51. The van der Waals surface area contributed by atoms with Crippen LogP contribution in [0.1, 0.15) is 91.8 Å². The Morgan fingerprint density at radius 2 is 1.81 bits per heavy atom. The van der Waals surface area contributed by atoms with Gasteiger partial charge < -0.3 is 26.1 Å². The van der Waals surface area contributed by atoms with Crippen LogP contribution in [0.3, 0.4) is 0 Å². The number of rotatable bonds is 6. The second-order valence-electron chi connectivity index (χ2n) is 11.8. The average Bonchev–Trinajstić information content (AvgIpc) is 3.09. The summed E-state index contributed by atoms with van der Waals surface area (Å²) >= 11 is 0. The third-order valence-corrected chi connectivity index (χ3v) is 7.24. The Balaban J connectivity index is 1.56. The van der Waals surface area contributed by atoms with E-state index in [1.807, 2.05) is 25.3 Å². The van der Waals surface area contributed by atoms with Gasteiger partial charge in [-0.2, -0.15) is 0 Å². The van der Waals surface area contributed by atoms with Crippen LogP contribution in [0.15, 0.2) is 24.4 Å². The largest absolute Gasteiger partial charge is 0.461 e. The summed E-state index contributed by atoms with van der Waals surface area (Å²) in [6.45, 7) is 9.49. The maximum atomic E-state index is 12.9. The van der Waals surface area contributed by atoms with Gasteiger partial charge in [0.25, 0.3) is 5.91 Å². The summed E-state index contributed by atoms with van der Waals surface area (Å²) in [6, 6.07) is 5.67. The molecule has 8 nitrogen and oxygen atoms in total. The first-order valence-corrected chi connectivity index (χ1v) is 12.7. The number of ketones is 1. The summed E-state index contributed by atoms with van der Waals surface area (Å²) in [5.74, 6) is -0.714. The van der Waals surface area contributed by atoms with E-state index in [0.717, 1.165) is 41.8 Å². The van der Waals surface area contributed by atoms with Crippen LogP contribution in [-0.4, -0.2) is 39.9 Å². The lowest BCUT2D eigenvalue weighted by Gasteiger charge is -2.32. The monoisotopic (exact) mass is 494 g/mol. The maximum Gasteiger partial charge on any atom is 0.325 e. The smallest absolute Gasteiger partial charge is 0.325 e. The number of amides is 1. The minimum Gasteiger partial charge on any atom is -0.461 e. The number of fused-ring (bicyclic) bond motifs is 1. The zero-order valence-electron chi connectivity index (χ0n) is 21.9. The molecule has 0 spiro atoms. The molecule has 1 aromatic heterocycles. The predicted octanol–water partition coefficient (Wildman–Crippen LogP) is 4.04. The number of ether oxygens (including phenoxy) is 1. The molecule has 1 amide bonds. The first kappa shape index (κ1) is 25.9. The van der Waals surface area contributed by atoms with Crippen molar-refractivity contribution < 1.29 is 19.1 Å². The summed E-state index contributed by atoms with van der Waals surface area (Å²) < 4.78 is 7.65. The molecular formula is C28H38N4O4. The molecule has 2 aliphatic carbocycles. The molecule has 4 rings (SSSR count). The van der Waals surface area contributed by atoms with Gasteiger partial charge in [0.15, 0.2) is 5.78 Å². The van der Waals surface area contributed by atoms with E-state index in [0.29, 0.717) is 30.5 Å². The molecule has 1 saturated carbocycles. The van der Waals surface area contributed by atoms with E-state index in [-0.39, 0.29) is 23.3 Å². The summed E-state index contributed by atoms with van der Waals surface area (Å²) in [4.78, 5) is 37.2. The molecule has 2 aromatic rings. The molecule has 5 N–H and O–H groups in total. The molecule has 194 valence electrons. The number of nitrogens with two attached hydrogens (primary N) is 2. The quantitative estimate of drug-likeness (QED) is 0.520. The van der Waals surface area contributed by atoms with Gasteiger partial charge in [0.05, 0.1) is 5.56 Å². The van der Waals surface area contributed by atoms with E-state index >= 15 is 0 Å². The minimum absolute atomic E-state index is 0.109. The zero-order valence-corrected chi connectivity index (χ0v) is 21.9. The van der Waals surface area contributed by atoms with Gasteiger partial charge in [-0.05, 0) is 82.1 Å². The van der Waals surface area contributed by atoms with E-state index in [2.05, 4.69) is 23.7 Å². The second-order valence-corrected chi connectivity index (χ2v) is 11.8. The van der Waals surface area contributed by atoms with Gasteiger partial charge >= 0.3 is 5.97 Å². The fourth-order valence-corrected chi connectivity index (χ4v) is 5.37. The highest BCUT2D eigenvalue weighted by molar-refractivity contribution is 6.01. The van der Waals surface area contributed by atoms with Crippen LogP contribution in [0.25, 0.3) is 5.69 Å². The van der Waals surface area contributed by atoms with Gasteiger partial charge in [0.1, 0.15) is 11.6 Å². The number of hydrogen-bond donors (Lipinski definition) is 3. The van der Waals surface area contributed by atoms with Gasteiger partial charge in [-0.15, -0.1) is 0 Å². The summed E-state index contributed by atoms with van der Waals surface area (Å²) in [5.41, 5.74) is 15.2. The number of anilines is 1. The Kier molecular flexibility index (Phi) is 6.77. The third kappa shape index (κ3) is 5.33. The molecular weight excluding hydrogens is 456 g/mol. The number of aryl methyl sites for hydroxylation is 1. The second kappa shape index (κ2) is 9.39. The number of nitrogens with one attached hydrogen (secondary N) is 1. The molecule has 1 fully saturated rings. The maximum absolute atomic E-state index is 12.9. The lowest BCUT2D eigenvalue weighted by molar-refractivity contribution is -0.155. The SMILES string of the molecule is Cc1cn(-c2ccc(C(N)=O)c(NC3CCC(OC(=O)C(C)(C)N)CC3)c2)c2c1C(=O)CC(C)(C)C2. The first-order valence-electron chi connectivity index (χ1n) is 12.7. The van der Waals surface area contributed by atoms with Gasteiger partial charge in [-0.25, -0.2) is 0 Å². The molecule has 0 aliphatic heterocycles. The van der Waals surface area contributed by atoms with Crippen LogP contribution >= 0.6 is 0 Å². The topological polar surface area (TPSA) is 129 Å². The number of carbonyl (C=O) groups excluding carboxylic acids is 3. The van der Waals surface area contributed by atoms with Gasteiger partial charge in [0.2, 0.25) is 0 Å². The Morgan fingerprint density at radius 3 is 2.42 bits per heavy atom. The van der Waals surface area contributed by atoms with E-state index in [1.54, 1.807) is 19.9 Å². The fraction of sp³-hybridized carbons (Fsp3) is 0.536. The van der Waals surface area contributed by atoms with Gasteiger partial charge in [-0.1, -0.05) is 13.8 Å².